The van der Waals surface area contributed by atoms with Gasteiger partial charge in [0, 0.05) is 55.0 Å². The van der Waals surface area contributed by atoms with Gasteiger partial charge in [-0.2, -0.15) is 5.10 Å². The molecule has 1 N–H and O–H groups in total. The smallest absolute Gasteiger partial charge is 0.161 e. The van der Waals surface area contributed by atoms with E-state index >= 15 is 0 Å². The van der Waals surface area contributed by atoms with Crippen molar-refractivity contribution in [3.8, 4) is 11.4 Å². The minimum Gasteiger partial charge on any atom is -0.366 e. The van der Waals surface area contributed by atoms with E-state index in [0.717, 1.165) is 54.6 Å². The lowest BCUT2D eigenvalue weighted by Gasteiger charge is -2.33. The maximum absolute atomic E-state index is 4.78. The highest BCUT2D eigenvalue weighted by Crippen LogP contribution is 2.23. The molecule has 132 valence electrons. The molecule has 4 rings (SSSR count). The largest absolute Gasteiger partial charge is 0.366 e. The maximum Gasteiger partial charge on any atom is 0.161 e. The van der Waals surface area contributed by atoms with Crippen LogP contribution in [0.5, 0.6) is 0 Å². The number of aromatic nitrogens is 5. The van der Waals surface area contributed by atoms with Crippen molar-refractivity contribution in [2.45, 2.75) is 25.8 Å². The zero-order chi connectivity index (χ0) is 17.8. The lowest BCUT2D eigenvalue weighted by molar-refractivity contribution is 0.521. The van der Waals surface area contributed by atoms with Gasteiger partial charge in [0.1, 0.15) is 11.6 Å². The highest BCUT2D eigenvalue weighted by Gasteiger charge is 2.21. The standard InChI is InChI=1S/C19H21N7/c1-14-13-18(24-19(22-14)15-4-9-20-10-5-15)26-11-6-16(7-12-26)23-17-3-2-8-21-25-17/h2-5,8-10,13,16H,6-7,11-12H2,1H3,(H,23,25). The van der Waals surface area contributed by atoms with E-state index in [1.807, 2.05) is 31.2 Å². The number of pyridine rings is 1. The summed E-state index contributed by atoms with van der Waals surface area (Å²) in [7, 11) is 0. The molecule has 3 aromatic heterocycles. The average molecular weight is 347 g/mol. The second-order valence-electron chi connectivity index (χ2n) is 6.44. The molecular formula is C19H21N7. The van der Waals surface area contributed by atoms with Gasteiger partial charge in [-0.1, -0.05) is 0 Å². The number of piperidine rings is 1. The number of anilines is 2. The number of nitrogens with one attached hydrogen (secondary N) is 1. The summed E-state index contributed by atoms with van der Waals surface area (Å²) in [6.45, 7) is 3.91. The number of aryl methyl sites for hydroxylation is 1. The highest BCUT2D eigenvalue weighted by molar-refractivity contribution is 5.57. The van der Waals surface area contributed by atoms with Crippen LogP contribution in [0.25, 0.3) is 11.4 Å². The molecule has 0 unspecified atom stereocenters. The molecule has 1 fully saturated rings. The van der Waals surface area contributed by atoms with Crippen molar-refractivity contribution < 1.29 is 0 Å². The van der Waals surface area contributed by atoms with Gasteiger partial charge in [0.25, 0.3) is 0 Å². The second kappa shape index (κ2) is 7.43. The molecule has 3 aromatic rings. The minimum atomic E-state index is 0.408. The predicted molar refractivity (Wildman–Crippen MR) is 101 cm³/mol. The minimum absolute atomic E-state index is 0.408. The fourth-order valence-electron chi connectivity index (χ4n) is 3.18. The van der Waals surface area contributed by atoms with E-state index < -0.39 is 0 Å². The lowest BCUT2D eigenvalue weighted by atomic mass is 10.0. The van der Waals surface area contributed by atoms with Crippen molar-refractivity contribution in [3.63, 3.8) is 0 Å². The third kappa shape index (κ3) is 3.77. The molecule has 0 aromatic carbocycles. The number of hydrogen-bond donors (Lipinski definition) is 1. The Morgan fingerprint density at radius 3 is 2.58 bits per heavy atom. The highest BCUT2D eigenvalue weighted by atomic mass is 15.2. The quantitative estimate of drug-likeness (QED) is 0.777. The first-order chi connectivity index (χ1) is 12.8. The molecule has 0 spiro atoms. The lowest BCUT2D eigenvalue weighted by Crippen LogP contribution is -2.39. The first-order valence-electron chi connectivity index (χ1n) is 8.83. The first kappa shape index (κ1) is 16.4. The number of nitrogens with zero attached hydrogens (tertiary/aromatic N) is 6. The van der Waals surface area contributed by atoms with Gasteiger partial charge in [-0.3, -0.25) is 4.98 Å². The van der Waals surface area contributed by atoms with Gasteiger partial charge < -0.3 is 10.2 Å². The number of rotatable bonds is 4. The van der Waals surface area contributed by atoms with Crippen LogP contribution in [0, 0.1) is 6.92 Å². The molecule has 4 heterocycles. The van der Waals surface area contributed by atoms with Crippen LogP contribution in [0.1, 0.15) is 18.5 Å². The first-order valence-corrected chi connectivity index (χ1v) is 8.83. The van der Waals surface area contributed by atoms with Gasteiger partial charge in [-0.05, 0) is 44.0 Å². The van der Waals surface area contributed by atoms with Gasteiger partial charge in [-0.25, -0.2) is 9.97 Å². The summed E-state index contributed by atoms with van der Waals surface area (Å²) < 4.78 is 0. The van der Waals surface area contributed by atoms with Crippen molar-refractivity contribution >= 4 is 11.6 Å². The Hall–Kier alpha value is -3.09. The predicted octanol–water partition coefficient (Wildman–Crippen LogP) is 2.72. The van der Waals surface area contributed by atoms with Crippen molar-refractivity contribution in [2.75, 3.05) is 23.3 Å². The van der Waals surface area contributed by atoms with Crippen LogP contribution in [0.15, 0.2) is 48.9 Å². The summed E-state index contributed by atoms with van der Waals surface area (Å²) in [4.78, 5) is 15.8. The molecule has 1 aliphatic rings. The van der Waals surface area contributed by atoms with Crippen LogP contribution in [0.4, 0.5) is 11.6 Å². The second-order valence-corrected chi connectivity index (χ2v) is 6.44. The van der Waals surface area contributed by atoms with E-state index in [4.69, 9.17) is 4.98 Å². The Morgan fingerprint density at radius 1 is 1.04 bits per heavy atom. The Morgan fingerprint density at radius 2 is 1.85 bits per heavy atom. The molecule has 1 aliphatic heterocycles. The maximum atomic E-state index is 4.78. The zero-order valence-corrected chi connectivity index (χ0v) is 14.7. The Kier molecular flexibility index (Phi) is 4.68. The zero-order valence-electron chi connectivity index (χ0n) is 14.7. The van der Waals surface area contributed by atoms with Crippen LogP contribution in [0.2, 0.25) is 0 Å². The van der Waals surface area contributed by atoms with Crippen LogP contribution in [-0.4, -0.2) is 44.3 Å². The molecule has 26 heavy (non-hydrogen) atoms. The normalized spacial score (nSPS) is 15.0. The fourth-order valence-corrected chi connectivity index (χ4v) is 3.18. The molecular weight excluding hydrogens is 326 g/mol. The summed E-state index contributed by atoms with van der Waals surface area (Å²) in [5.41, 5.74) is 1.96. The van der Waals surface area contributed by atoms with Crippen molar-refractivity contribution in [3.05, 3.63) is 54.6 Å². The van der Waals surface area contributed by atoms with E-state index in [-0.39, 0.29) is 0 Å². The van der Waals surface area contributed by atoms with Crippen LogP contribution in [0.3, 0.4) is 0 Å². The molecule has 0 radical (unpaired) electrons. The van der Waals surface area contributed by atoms with E-state index in [2.05, 4.69) is 36.4 Å². The number of hydrogen-bond acceptors (Lipinski definition) is 7. The molecule has 7 heteroatoms. The van der Waals surface area contributed by atoms with Crippen LogP contribution < -0.4 is 10.2 Å². The van der Waals surface area contributed by atoms with E-state index in [1.54, 1.807) is 18.6 Å². The van der Waals surface area contributed by atoms with Crippen molar-refractivity contribution in [2.24, 2.45) is 0 Å². The van der Waals surface area contributed by atoms with Gasteiger partial charge in [0.15, 0.2) is 5.82 Å². The summed E-state index contributed by atoms with van der Waals surface area (Å²) in [5, 5.41) is 11.5. The third-order valence-corrected chi connectivity index (χ3v) is 4.52. The SMILES string of the molecule is Cc1cc(N2CCC(Nc3cccnn3)CC2)nc(-c2ccncc2)n1. The molecule has 0 bridgehead atoms. The van der Waals surface area contributed by atoms with E-state index in [1.165, 1.54) is 0 Å². The van der Waals surface area contributed by atoms with Crippen LogP contribution in [-0.2, 0) is 0 Å². The average Bonchev–Trinajstić information content (AvgIpc) is 2.70. The topological polar surface area (TPSA) is 79.7 Å². The molecule has 7 nitrogen and oxygen atoms in total. The summed E-state index contributed by atoms with van der Waals surface area (Å²) in [5.74, 6) is 2.58. The van der Waals surface area contributed by atoms with Crippen molar-refractivity contribution in [1.29, 1.82) is 0 Å². The third-order valence-electron chi connectivity index (χ3n) is 4.52. The van der Waals surface area contributed by atoms with E-state index in [0.29, 0.717) is 6.04 Å². The fraction of sp³-hybridized carbons (Fsp3) is 0.316. The summed E-state index contributed by atoms with van der Waals surface area (Å²) >= 11 is 0. The molecule has 0 aliphatic carbocycles. The molecule has 0 atom stereocenters. The van der Waals surface area contributed by atoms with Gasteiger partial charge in [-0.15, -0.1) is 5.10 Å². The van der Waals surface area contributed by atoms with Crippen molar-refractivity contribution in [1.82, 2.24) is 25.1 Å². The summed E-state index contributed by atoms with van der Waals surface area (Å²) in [6, 6.07) is 10.2. The molecule has 1 saturated heterocycles. The van der Waals surface area contributed by atoms with E-state index in [9.17, 15) is 0 Å². The van der Waals surface area contributed by atoms with Gasteiger partial charge in [0.2, 0.25) is 0 Å². The molecule has 0 amide bonds. The summed E-state index contributed by atoms with van der Waals surface area (Å²) in [6.07, 6.45) is 7.29. The monoisotopic (exact) mass is 347 g/mol. The Balaban J connectivity index is 1.45. The Bertz CT molecular complexity index is 846. The van der Waals surface area contributed by atoms with Gasteiger partial charge in [0.05, 0.1) is 0 Å². The van der Waals surface area contributed by atoms with Crippen LogP contribution >= 0.6 is 0 Å². The van der Waals surface area contributed by atoms with Gasteiger partial charge >= 0.3 is 0 Å². The Labute approximate surface area is 152 Å². The molecule has 0 saturated carbocycles.